The molecule has 0 saturated heterocycles. The molecule has 2 N–H and O–H groups in total. The fourth-order valence-electron chi connectivity index (χ4n) is 4.12. The van der Waals surface area contributed by atoms with Crippen LogP contribution in [0.15, 0.2) is 60.7 Å². The highest BCUT2D eigenvalue weighted by Gasteiger charge is 2.28. The van der Waals surface area contributed by atoms with Gasteiger partial charge >= 0.3 is 0 Å². The lowest BCUT2D eigenvalue weighted by atomic mass is 9.78. The molecule has 1 heterocycles. The number of phenolic OH excluding ortho intramolecular Hbond substituents is 2. The predicted molar refractivity (Wildman–Crippen MR) is 136 cm³/mol. The summed E-state index contributed by atoms with van der Waals surface area (Å²) in [6, 6.07) is 18.6. The number of nitrogens with zero attached hydrogens (tertiary/aromatic N) is 2. The van der Waals surface area contributed by atoms with E-state index in [-0.39, 0.29) is 22.3 Å². The van der Waals surface area contributed by atoms with Gasteiger partial charge in [0.15, 0.2) is 0 Å². The first-order valence-electron chi connectivity index (χ1n) is 11.5. The molecule has 1 aromatic heterocycles. The number of hydrogen-bond donors (Lipinski definition) is 2. The van der Waals surface area contributed by atoms with Crippen LogP contribution < -0.4 is 0 Å². The quantitative estimate of drug-likeness (QED) is 0.348. The smallest absolute Gasteiger partial charge is 0.115 e. The van der Waals surface area contributed by atoms with Crippen LogP contribution in [0.3, 0.4) is 0 Å². The molecule has 0 unspecified atom stereocenters. The van der Waals surface area contributed by atoms with Crippen LogP contribution in [0.4, 0.5) is 0 Å². The van der Waals surface area contributed by atoms with Crippen molar-refractivity contribution in [1.82, 2.24) is 9.97 Å². The summed E-state index contributed by atoms with van der Waals surface area (Å²) in [6.45, 7) is 13.3. The van der Waals surface area contributed by atoms with Crippen molar-refractivity contribution in [3.63, 3.8) is 0 Å². The molecule has 4 aromatic rings. The molecule has 0 fully saturated rings. The second-order valence-electron chi connectivity index (χ2n) is 10.4. The van der Waals surface area contributed by atoms with Gasteiger partial charge in [0, 0.05) is 11.1 Å². The predicted octanol–water partition coefficient (Wildman–Crippen LogP) is 7.36. The van der Waals surface area contributed by atoms with Gasteiger partial charge in [-0.3, -0.25) is 0 Å². The normalized spacial score (nSPS) is 12.3. The molecule has 170 valence electrons. The summed E-state index contributed by atoms with van der Waals surface area (Å²) in [5.74, 6) is 0.419. The molecule has 0 bridgehead atoms. The number of benzene rings is 3. The van der Waals surface area contributed by atoms with Crippen molar-refractivity contribution in [2.75, 3.05) is 0 Å². The Bertz CT molecular complexity index is 1300. The Morgan fingerprint density at radius 3 is 1.39 bits per heavy atom. The molecule has 0 atom stereocenters. The Kier molecular flexibility index (Phi) is 5.65. The van der Waals surface area contributed by atoms with E-state index in [0.717, 1.165) is 45.5 Å². The van der Waals surface area contributed by atoms with Crippen LogP contribution in [0, 0.1) is 0 Å². The van der Waals surface area contributed by atoms with Crippen molar-refractivity contribution < 1.29 is 10.2 Å². The SMILES string of the molecule is CCC(C)(C)c1ccc(C(C)(C)C)c2nc(-c3ccc(O)cc3)c(-c3ccc(O)cc3)nc12. The van der Waals surface area contributed by atoms with Crippen LogP contribution in [0.2, 0.25) is 0 Å². The van der Waals surface area contributed by atoms with Gasteiger partial charge in [0.1, 0.15) is 11.5 Å². The van der Waals surface area contributed by atoms with Crippen LogP contribution in [0.25, 0.3) is 33.5 Å². The minimum atomic E-state index is -0.103. The van der Waals surface area contributed by atoms with Crippen molar-refractivity contribution in [2.24, 2.45) is 0 Å². The number of rotatable bonds is 4. The van der Waals surface area contributed by atoms with E-state index in [1.165, 1.54) is 5.56 Å². The molecule has 33 heavy (non-hydrogen) atoms. The van der Waals surface area contributed by atoms with E-state index in [4.69, 9.17) is 9.97 Å². The van der Waals surface area contributed by atoms with E-state index in [1.54, 1.807) is 24.3 Å². The summed E-state index contributed by atoms with van der Waals surface area (Å²) < 4.78 is 0. The third-order valence-electron chi connectivity index (χ3n) is 6.53. The zero-order valence-corrected chi connectivity index (χ0v) is 20.3. The average molecular weight is 441 g/mol. The zero-order chi connectivity index (χ0) is 24.0. The van der Waals surface area contributed by atoms with Gasteiger partial charge in [-0.25, -0.2) is 9.97 Å². The zero-order valence-electron chi connectivity index (χ0n) is 20.3. The Balaban J connectivity index is 2.15. The standard InChI is InChI=1S/C29H32N2O2/c1-7-29(5,6)23-17-16-22(28(2,3)4)26-27(23)31-25(19-10-14-21(33)15-11-19)24(30-26)18-8-12-20(32)13-9-18/h8-17,32-33H,7H2,1-6H3. The summed E-state index contributed by atoms with van der Waals surface area (Å²) in [6.07, 6.45) is 0.979. The first-order chi connectivity index (χ1) is 15.5. The van der Waals surface area contributed by atoms with E-state index in [9.17, 15) is 10.2 Å². The molecule has 0 aliphatic carbocycles. The van der Waals surface area contributed by atoms with E-state index in [0.29, 0.717) is 0 Å². The van der Waals surface area contributed by atoms with Gasteiger partial charge in [-0.15, -0.1) is 0 Å². The minimum absolute atomic E-state index is 0.0599. The molecule has 4 heteroatoms. The topological polar surface area (TPSA) is 66.2 Å². The summed E-state index contributed by atoms with van der Waals surface area (Å²) in [4.78, 5) is 10.5. The monoisotopic (exact) mass is 440 g/mol. The van der Waals surface area contributed by atoms with Gasteiger partial charge in [0.25, 0.3) is 0 Å². The highest BCUT2D eigenvalue weighted by Crippen LogP contribution is 2.40. The maximum absolute atomic E-state index is 9.84. The lowest BCUT2D eigenvalue weighted by Crippen LogP contribution is -2.19. The first-order valence-corrected chi connectivity index (χ1v) is 11.5. The van der Waals surface area contributed by atoms with Crippen molar-refractivity contribution in [2.45, 2.75) is 58.8 Å². The van der Waals surface area contributed by atoms with Gasteiger partial charge in [0.05, 0.1) is 22.4 Å². The van der Waals surface area contributed by atoms with Gasteiger partial charge in [-0.2, -0.15) is 0 Å². The Morgan fingerprint density at radius 2 is 1.00 bits per heavy atom. The van der Waals surface area contributed by atoms with Gasteiger partial charge in [-0.1, -0.05) is 53.7 Å². The van der Waals surface area contributed by atoms with Gasteiger partial charge < -0.3 is 10.2 Å². The summed E-state index contributed by atoms with van der Waals surface area (Å²) >= 11 is 0. The molecular formula is C29H32N2O2. The molecule has 0 spiro atoms. The second-order valence-corrected chi connectivity index (χ2v) is 10.4. The van der Waals surface area contributed by atoms with E-state index >= 15 is 0 Å². The molecule has 0 aliphatic heterocycles. The van der Waals surface area contributed by atoms with Crippen LogP contribution in [-0.2, 0) is 10.8 Å². The van der Waals surface area contributed by atoms with Crippen LogP contribution in [0.5, 0.6) is 11.5 Å². The largest absolute Gasteiger partial charge is 0.508 e. The van der Waals surface area contributed by atoms with E-state index < -0.39 is 0 Å². The fraction of sp³-hybridized carbons (Fsp3) is 0.310. The average Bonchev–Trinajstić information content (AvgIpc) is 2.78. The maximum Gasteiger partial charge on any atom is 0.115 e. The lowest BCUT2D eigenvalue weighted by molar-refractivity contribution is 0.475. The highest BCUT2D eigenvalue weighted by atomic mass is 16.3. The first kappa shape index (κ1) is 22.8. The summed E-state index contributed by atoms with van der Waals surface area (Å²) in [5.41, 5.74) is 7.27. The Morgan fingerprint density at radius 1 is 0.606 bits per heavy atom. The molecule has 3 aromatic carbocycles. The van der Waals surface area contributed by atoms with Gasteiger partial charge in [0.2, 0.25) is 0 Å². The number of phenols is 2. The molecular weight excluding hydrogens is 408 g/mol. The summed E-state index contributed by atoms with van der Waals surface area (Å²) in [7, 11) is 0. The van der Waals surface area contributed by atoms with E-state index in [1.807, 2.05) is 24.3 Å². The number of aromatic nitrogens is 2. The Hall–Kier alpha value is -3.40. The molecule has 0 aliphatic rings. The lowest BCUT2D eigenvalue weighted by Gasteiger charge is -2.28. The molecule has 4 nitrogen and oxygen atoms in total. The fourth-order valence-corrected chi connectivity index (χ4v) is 4.12. The van der Waals surface area contributed by atoms with Crippen molar-refractivity contribution in [3.05, 3.63) is 71.8 Å². The molecule has 0 saturated carbocycles. The minimum Gasteiger partial charge on any atom is -0.508 e. The van der Waals surface area contributed by atoms with Crippen molar-refractivity contribution >= 4 is 11.0 Å². The molecule has 0 amide bonds. The number of hydrogen-bond acceptors (Lipinski definition) is 4. The third kappa shape index (κ3) is 4.30. The van der Waals surface area contributed by atoms with Crippen molar-refractivity contribution in [3.8, 4) is 34.0 Å². The van der Waals surface area contributed by atoms with Crippen LogP contribution in [0.1, 0.15) is 59.1 Å². The third-order valence-corrected chi connectivity index (χ3v) is 6.53. The number of aromatic hydroxyl groups is 2. The van der Waals surface area contributed by atoms with Crippen LogP contribution >= 0.6 is 0 Å². The van der Waals surface area contributed by atoms with Crippen LogP contribution in [-0.4, -0.2) is 20.2 Å². The van der Waals surface area contributed by atoms with Gasteiger partial charge in [-0.05, 0) is 76.9 Å². The second kappa shape index (κ2) is 8.18. The van der Waals surface area contributed by atoms with Crippen molar-refractivity contribution in [1.29, 1.82) is 0 Å². The highest BCUT2D eigenvalue weighted by molar-refractivity contribution is 5.90. The number of fused-ring (bicyclic) bond motifs is 1. The Labute approximate surface area is 196 Å². The van der Waals surface area contributed by atoms with E-state index in [2.05, 4.69) is 53.7 Å². The maximum atomic E-state index is 9.84. The molecule has 0 radical (unpaired) electrons. The summed E-state index contributed by atoms with van der Waals surface area (Å²) in [5, 5.41) is 19.7. The molecule has 4 rings (SSSR count).